The van der Waals surface area contributed by atoms with E-state index >= 15 is 0 Å². The minimum Gasteiger partial charge on any atom is -0.234 e. The van der Waals surface area contributed by atoms with E-state index in [-0.39, 0.29) is 0 Å². The minimum atomic E-state index is 1.22. The molecule has 0 radical (unpaired) electrons. The number of unbranched alkanes of at least 4 members (excludes halogenated alkanes) is 26. The largest absolute Gasteiger partial charge is 0.256 e. The Bertz CT molecular complexity index is 570. The van der Waals surface area contributed by atoms with Crippen LogP contribution in [0.1, 0.15) is 213 Å². The van der Waals surface area contributed by atoms with Crippen LogP contribution in [-0.4, -0.2) is 4.57 Å². The van der Waals surface area contributed by atoms with E-state index in [1.165, 1.54) is 206 Å². The van der Waals surface area contributed by atoms with Gasteiger partial charge in [0.05, 0.1) is 13.1 Å². The van der Waals surface area contributed by atoms with E-state index in [4.69, 9.17) is 0 Å². The molecule has 1 aromatic rings. The lowest BCUT2D eigenvalue weighted by atomic mass is 10.0. The molecule has 0 spiro atoms. The molecule has 0 aliphatic heterocycles. The van der Waals surface area contributed by atoms with E-state index in [1.807, 2.05) is 0 Å². The topological polar surface area (TPSA) is 8.81 Å². The van der Waals surface area contributed by atoms with Gasteiger partial charge in [-0.25, -0.2) is 9.13 Å². The van der Waals surface area contributed by atoms with Gasteiger partial charge in [-0.3, -0.25) is 0 Å². The van der Waals surface area contributed by atoms with Crippen molar-refractivity contribution in [1.29, 1.82) is 0 Å². The Morgan fingerprint density at radius 1 is 0.425 bits per heavy atom. The van der Waals surface area contributed by atoms with Crippen molar-refractivity contribution < 1.29 is 4.57 Å². The molecule has 0 saturated carbocycles. The third-order valence-corrected chi connectivity index (χ3v) is 9.07. The molecule has 0 aliphatic rings. The SMILES string of the molecule is CCCCCCCCCCCCCCCCn1cc[n+](CCCCCCCCCCCCCCCC)c1CCC. The molecular weight excluding hydrogens is 484 g/mol. The van der Waals surface area contributed by atoms with Crippen LogP contribution < -0.4 is 4.57 Å². The number of hydrogen-bond acceptors (Lipinski definition) is 0. The third kappa shape index (κ3) is 21.9. The van der Waals surface area contributed by atoms with E-state index < -0.39 is 0 Å². The fourth-order valence-electron chi connectivity index (χ4n) is 6.37. The van der Waals surface area contributed by atoms with Crippen LogP contribution in [0.5, 0.6) is 0 Å². The summed E-state index contributed by atoms with van der Waals surface area (Å²) in [5.74, 6) is 1.58. The number of aromatic nitrogens is 2. The molecule has 0 saturated heterocycles. The molecule has 1 rings (SSSR count). The number of imidazole rings is 1. The summed E-state index contributed by atoms with van der Waals surface area (Å²) in [4.78, 5) is 0. The van der Waals surface area contributed by atoms with Crippen molar-refractivity contribution in [2.24, 2.45) is 0 Å². The summed E-state index contributed by atoms with van der Waals surface area (Å²) in [5.41, 5.74) is 0. The van der Waals surface area contributed by atoms with Crippen LogP contribution >= 0.6 is 0 Å². The van der Waals surface area contributed by atoms with Crippen LogP contribution in [0.15, 0.2) is 12.4 Å². The molecule has 236 valence electrons. The van der Waals surface area contributed by atoms with Gasteiger partial charge in [0.1, 0.15) is 12.4 Å². The van der Waals surface area contributed by atoms with Gasteiger partial charge in [0.2, 0.25) is 0 Å². The molecule has 0 N–H and O–H groups in total. The first-order valence-electron chi connectivity index (χ1n) is 18.9. The molecule has 0 aliphatic carbocycles. The lowest BCUT2D eigenvalue weighted by Gasteiger charge is -2.06. The van der Waals surface area contributed by atoms with E-state index in [9.17, 15) is 0 Å². The van der Waals surface area contributed by atoms with Crippen molar-refractivity contribution in [1.82, 2.24) is 4.57 Å². The highest BCUT2D eigenvalue weighted by Gasteiger charge is 2.15. The van der Waals surface area contributed by atoms with Crippen molar-refractivity contribution in [2.75, 3.05) is 0 Å². The summed E-state index contributed by atoms with van der Waals surface area (Å²) in [6.07, 6.45) is 47.5. The molecule has 0 fully saturated rings. The van der Waals surface area contributed by atoms with Gasteiger partial charge in [-0.05, 0) is 32.1 Å². The normalized spacial score (nSPS) is 11.6. The molecule has 0 amide bonds. The Balaban J connectivity index is 2.01. The van der Waals surface area contributed by atoms with Crippen molar-refractivity contribution >= 4 is 0 Å². The molecule has 2 heteroatoms. The number of hydrogen-bond donors (Lipinski definition) is 0. The summed E-state index contributed by atoms with van der Waals surface area (Å²) in [6, 6.07) is 0. The van der Waals surface area contributed by atoms with Crippen LogP contribution in [0.4, 0.5) is 0 Å². The second-order valence-electron chi connectivity index (χ2n) is 13.0. The highest BCUT2D eigenvalue weighted by atomic mass is 15.1. The Morgan fingerprint density at radius 3 is 1.15 bits per heavy atom. The van der Waals surface area contributed by atoms with Crippen LogP contribution in [0.3, 0.4) is 0 Å². The Hall–Kier alpha value is -0.790. The first-order valence-corrected chi connectivity index (χ1v) is 18.9. The molecule has 0 atom stereocenters. The average Bonchev–Trinajstić information content (AvgIpc) is 3.34. The quantitative estimate of drug-likeness (QED) is 0.0613. The van der Waals surface area contributed by atoms with E-state index in [0.717, 1.165) is 0 Å². The maximum absolute atomic E-state index is 2.58. The standard InChI is InChI=1S/C38H75N2/c1-4-7-9-11-13-15-17-19-21-23-25-27-29-31-34-39-36-37-40(38(39)33-6-3)35-32-30-28-26-24-22-20-18-16-14-12-10-8-5-2/h36-37H,4-35H2,1-3H3/q+1. The smallest absolute Gasteiger partial charge is 0.234 e. The van der Waals surface area contributed by atoms with Gasteiger partial charge >= 0.3 is 0 Å². The first kappa shape index (κ1) is 37.2. The van der Waals surface area contributed by atoms with Gasteiger partial charge < -0.3 is 0 Å². The van der Waals surface area contributed by atoms with E-state index in [0.29, 0.717) is 0 Å². The average molecular weight is 560 g/mol. The predicted molar refractivity (Wildman–Crippen MR) is 179 cm³/mol. The van der Waals surface area contributed by atoms with Gasteiger partial charge in [0, 0.05) is 6.42 Å². The molecule has 0 unspecified atom stereocenters. The molecular formula is C38H75N2+. The Kier molecular flexibility index (Phi) is 27.6. The van der Waals surface area contributed by atoms with Crippen LogP contribution in [0.2, 0.25) is 0 Å². The monoisotopic (exact) mass is 560 g/mol. The molecule has 1 heterocycles. The summed E-state index contributed by atoms with van der Waals surface area (Å²) < 4.78 is 5.15. The summed E-state index contributed by atoms with van der Waals surface area (Å²) >= 11 is 0. The highest BCUT2D eigenvalue weighted by molar-refractivity contribution is 4.84. The minimum absolute atomic E-state index is 1.22. The van der Waals surface area contributed by atoms with Gasteiger partial charge in [-0.15, -0.1) is 0 Å². The van der Waals surface area contributed by atoms with Gasteiger partial charge in [0.25, 0.3) is 5.82 Å². The lowest BCUT2D eigenvalue weighted by Crippen LogP contribution is -2.37. The van der Waals surface area contributed by atoms with Gasteiger partial charge in [0.15, 0.2) is 0 Å². The Labute approximate surface area is 253 Å². The van der Waals surface area contributed by atoms with Gasteiger partial charge in [-0.1, -0.05) is 175 Å². The van der Waals surface area contributed by atoms with Crippen LogP contribution in [0.25, 0.3) is 0 Å². The van der Waals surface area contributed by atoms with E-state index in [2.05, 4.69) is 42.3 Å². The zero-order valence-corrected chi connectivity index (χ0v) is 28.2. The summed E-state index contributed by atoms with van der Waals surface area (Å²) in [7, 11) is 0. The summed E-state index contributed by atoms with van der Waals surface area (Å²) in [6.45, 7) is 9.39. The van der Waals surface area contributed by atoms with Crippen molar-refractivity contribution in [3.05, 3.63) is 18.2 Å². The molecule has 2 nitrogen and oxygen atoms in total. The number of nitrogens with zero attached hydrogens (tertiary/aromatic N) is 2. The molecule has 0 bridgehead atoms. The molecule has 40 heavy (non-hydrogen) atoms. The second kappa shape index (κ2) is 29.7. The van der Waals surface area contributed by atoms with Crippen molar-refractivity contribution in [2.45, 2.75) is 226 Å². The Morgan fingerprint density at radius 2 is 0.775 bits per heavy atom. The van der Waals surface area contributed by atoms with Crippen molar-refractivity contribution in [3.8, 4) is 0 Å². The zero-order chi connectivity index (χ0) is 28.8. The maximum Gasteiger partial charge on any atom is 0.256 e. The van der Waals surface area contributed by atoms with Gasteiger partial charge in [-0.2, -0.15) is 0 Å². The second-order valence-corrected chi connectivity index (χ2v) is 13.0. The summed E-state index contributed by atoms with van der Waals surface area (Å²) in [5, 5.41) is 0. The number of rotatable bonds is 32. The van der Waals surface area contributed by atoms with Crippen LogP contribution in [-0.2, 0) is 19.5 Å². The van der Waals surface area contributed by atoms with E-state index in [1.54, 1.807) is 5.82 Å². The third-order valence-electron chi connectivity index (χ3n) is 9.07. The highest BCUT2D eigenvalue weighted by Crippen LogP contribution is 2.15. The number of aryl methyl sites for hydroxylation is 2. The van der Waals surface area contributed by atoms with Crippen LogP contribution in [0, 0.1) is 0 Å². The van der Waals surface area contributed by atoms with Crippen molar-refractivity contribution in [3.63, 3.8) is 0 Å². The maximum atomic E-state index is 2.58. The molecule has 1 aromatic heterocycles. The zero-order valence-electron chi connectivity index (χ0n) is 28.2. The first-order chi connectivity index (χ1) is 19.8. The fraction of sp³-hybridized carbons (Fsp3) is 0.921. The predicted octanol–water partition coefficient (Wildman–Crippen LogP) is 12.7. The lowest BCUT2D eigenvalue weighted by molar-refractivity contribution is -0.704. The molecule has 0 aromatic carbocycles. The fourth-order valence-corrected chi connectivity index (χ4v) is 6.37.